The van der Waals surface area contributed by atoms with Gasteiger partial charge in [-0.05, 0) is 0 Å². The lowest BCUT2D eigenvalue weighted by molar-refractivity contribution is -0.131. The fraction of sp³-hybridized carbons (Fsp3) is 0.778. The van der Waals surface area contributed by atoms with Crippen molar-refractivity contribution in [3.8, 4) is 0 Å². The highest BCUT2D eigenvalue weighted by molar-refractivity contribution is 5.89. The molecule has 0 aliphatic carbocycles. The summed E-state index contributed by atoms with van der Waals surface area (Å²) >= 11 is 0. The molecule has 0 saturated carbocycles. The molecule has 1 atom stereocenters. The highest BCUT2D eigenvalue weighted by atomic mass is 35.5. The lowest BCUT2D eigenvalue weighted by Crippen LogP contribution is -2.57. The molecule has 5 nitrogen and oxygen atoms in total. The van der Waals surface area contributed by atoms with Crippen LogP contribution in [0, 0.1) is 5.92 Å². The quantitative estimate of drug-likeness (QED) is 0.642. The molecule has 0 radical (unpaired) electrons. The fourth-order valence-electron chi connectivity index (χ4n) is 1.96. The Morgan fingerprint density at radius 2 is 2.20 bits per heavy atom. The lowest BCUT2D eigenvalue weighted by Gasteiger charge is -2.35. The first-order valence-electron chi connectivity index (χ1n) is 4.94. The highest BCUT2D eigenvalue weighted by Gasteiger charge is 2.39. The third-order valence-corrected chi connectivity index (χ3v) is 2.98. The molecule has 0 aromatic rings. The minimum Gasteiger partial charge on any atom is -0.359 e. The van der Waals surface area contributed by atoms with Gasteiger partial charge in [-0.25, -0.2) is 0 Å². The van der Waals surface area contributed by atoms with Crippen molar-refractivity contribution < 1.29 is 9.59 Å². The van der Waals surface area contributed by atoms with Crippen molar-refractivity contribution in [2.45, 2.75) is 12.5 Å². The Morgan fingerprint density at radius 1 is 1.53 bits per heavy atom. The standard InChI is InChI=1S/C9H15N3O2.ClH/c1-10-9(14)6-2-8(13)12(5-6)7-3-11-4-7;/h6-7,11H,2-5H2,1H3,(H,10,14);1H. The van der Waals surface area contributed by atoms with Gasteiger partial charge < -0.3 is 15.5 Å². The van der Waals surface area contributed by atoms with Gasteiger partial charge in [0.15, 0.2) is 0 Å². The minimum absolute atomic E-state index is 0. The zero-order valence-electron chi connectivity index (χ0n) is 8.66. The van der Waals surface area contributed by atoms with Crippen LogP contribution in [0.5, 0.6) is 0 Å². The van der Waals surface area contributed by atoms with E-state index in [1.165, 1.54) is 0 Å². The van der Waals surface area contributed by atoms with Gasteiger partial charge in [0.25, 0.3) is 0 Å². The van der Waals surface area contributed by atoms with Gasteiger partial charge in [-0.2, -0.15) is 0 Å². The molecule has 2 amide bonds. The van der Waals surface area contributed by atoms with Gasteiger partial charge in [0.05, 0.1) is 12.0 Å². The van der Waals surface area contributed by atoms with Crippen LogP contribution in [0.4, 0.5) is 0 Å². The normalized spacial score (nSPS) is 25.8. The molecule has 0 aromatic heterocycles. The summed E-state index contributed by atoms with van der Waals surface area (Å²) in [5.74, 6) is -0.0497. The first-order chi connectivity index (χ1) is 6.72. The molecular weight excluding hydrogens is 218 g/mol. The SMILES string of the molecule is CNC(=O)C1CC(=O)N(C2CNC2)C1.Cl. The highest BCUT2D eigenvalue weighted by Crippen LogP contribution is 2.21. The molecule has 15 heavy (non-hydrogen) atoms. The Morgan fingerprint density at radius 3 is 2.67 bits per heavy atom. The van der Waals surface area contributed by atoms with Crippen LogP contribution in [0.3, 0.4) is 0 Å². The number of rotatable bonds is 2. The molecule has 2 aliphatic rings. The van der Waals surface area contributed by atoms with Crippen LogP contribution >= 0.6 is 12.4 Å². The molecule has 2 saturated heterocycles. The van der Waals surface area contributed by atoms with E-state index in [1.807, 2.05) is 4.90 Å². The van der Waals surface area contributed by atoms with Crippen molar-refractivity contribution >= 4 is 24.2 Å². The topological polar surface area (TPSA) is 61.4 Å². The van der Waals surface area contributed by atoms with E-state index in [0.717, 1.165) is 13.1 Å². The molecule has 0 aromatic carbocycles. The molecule has 2 rings (SSSR count). The summed E-state index contributed by atoms with van der Waals surface area (Å²) in [7, 11) is 1.61. The second-order valence-electron chi connectivity index (χ2n) is 3.87. The molecule has 0 spiro atoms. The zero-order chi connectivity index (χ0) is 10.1. The zero-order valence-corrected chi connectivity index (χ0v) is 9.47. The van der Waals surface area contributed by atoms with E-state index in [-0.39, 0.29) is 30.1 Å². The summed E-state index contributed by atoms with van der Waals surface area (Å²) in [5, 5.41) is 5.71. The van der Waals surface area contributed by atoms with Crippen molar-refractivity contribution in [1.29, 1.82) is 0 Å². The summed E-state index contributed by atoms with van der Waals surface area (Å²) in [6, 6.07) is 0.317. The van der Waals surface area contributed by atoms with Gasteiger partial charge in [0.2, 0.25) is 11.8 Å². The van der Waals surface area contributed by atoms with Crippen molar-refractivity contribution in [2.75, 3.05) is 26.7 Å². The molecule has 0 bridgehead atoms. The van der Waals surface area contributed by atoms with Crippen molar-refractivity contribution in [1.82, 2.24) is 15.5 Å². The Hall–Kier alpha value is -0.810. The van der Waals surface area contributed by atoms with E-state index in [0.29, 0.717) is 19.0 Å². The molecule has 86 valence electrons. The number of hydrogen-bond acceptors (Lipinski definition) is 3. The summed E-state index contributed by atoms with van der Waals surface area (Å²) in [5.41, 5.74) is 0. The Labute approximate surface area is 95.0 Å². The van der Waals surface area contributed by atoms with Gasteiger partial charge in [0.1, 0.15) is 0 Å². The number of likely N-dealkylation sites (tertiary alicyclic amines) is 1. The van der Waals surface area contributed by atoms with E-state index in [1.54, 1.807) is 7.05 Å². The molecular formula is C9H16ClN3O2. The van der Waals surface area contributed by atoms with Crippen LogP contribution < -0.4 is 10.6 Å². The van der Waals surface area contributed by atoms with Gasteiger partial charge in [-0.1, -0.05) is 0 Å². The van der Waals surface area contributed by atoms with Crippen molar-refractivity contribution in [3.63, 3.8) is 0 Å². The maximum atomic E-state index is 11.6. The second kappa shape index (κ2) is 4.81. The summed E-state index contributed by atoms with van der Waals surface area (Å²) in [6.45, 7) is 2.32. The fourth-order valence-corrected chi connectivity index (χ4v) is 1.96. The lowest BCUT2D eigenvalue weighted by atomic mass is 10.1. The molecule has 2 heterocycles. The summed E-state index contributed by atoms with van der Waals surface area (Å²) < 4.78 is 0. The van der Waals surface area contributed by atoms with Gasteiger partial charge in [-0.3, -0.25) is 9.59 Å². The maximum absolute atomic E-state index is 11.6. The number of halogens is 1. The predicted molar refractivity (Wildman–Crippen MR) is 57.8 cm³/mol. The molecule has 2 aliphatic heterocycles. The number of hydrogen-bond donors (Lipinski definition) is 2. The van der Waals surface area contributed by atoms with E-state index in [9.17, 15) is 9.59 Å². The number of nitrogens with zero attached hydrogens (tertiary/aromatic N) is 1. The molecule has 2 fully saturated rings. The van der Waals surface area contributed by atoms with E-state index >= 15 is 0 Å². The largest absolute Gasteiger partial charge is 0.359 e. The van der Waals surface area contributed by atoms with Gasteiger partial charge in [0, 0.05) is 33.1 Å². The van der Waals surface area contributed by atoms with Crippen LogP contribution in [0.25, 0.3) is 0 Å². The number of carbonyl (C=O) groups is 2. The van der Waals surface area contributed by atoms with Gasteiger partial charge >= 0.3 is 0 Å². The number of amides is 2. The van der Waals surface area contributed by atoms with Crippen LogP contribution in [-0.4, -0.2) is 49.4 Å². The third-order valence-electron chi connectivity index (χ3n) is 2.98. The maximum Gasteiger partial charge on any atom is 0.225 e. The van der Waals surface area contributed by atoms with Crippen LogP contribution in [-0.2, 0) is 9.59 Å². The summed E-state index contributed by atoms with van der Waals surface area (Å²) in [6.07, 6.45) is 0.371. The Kier molecular flexibility index (Phi) is 3.93. The average Bonchev–Trinajstić information content (AvgIpc) is 2.44. The van der Waals surface area contributed by atoms with E-state index < -0.39 is 0 Å². The van der Waals surface area contributed by atoms with Crippen LogP contribution in [0.2, 0.25) is 0 Å². The Bertz CT molecular complexity index is 268. The third kappa shape index (κ3) is 2.23. The second-order valence-corrected chi connectivity index (χ2v) is 3.87. The van der Waals surface area contributed by atoms with Crippen LogP contribution in [0.15, 0.2) is 0 Å². The number of carbonyl (C=O) groups excluding carboxylic acids is 2. The molecule has 1 unspecified atom stereocenters. The van der Waals surface area contributed by atoms with Crippen molar-refractivity contribution in [2.24, 2.45) is 5.92 Å². The van der Waals surface area contributed by atoms with E-state index in [4.69, 9.17) is 0 Å². The van der Waals surface area contributed by atoms with E-state index in [2.05, 4.69) is 10.6 Å². The van der Waals surface area contributed by atoms with Crippen molar-refractivity contribution in [3.05, 3.63) is 0 Å². The first kappa shape index (κ1) is 12.3. The first-order valence-corrected chi connectivity index (χ1v) is 4.94. The predicted octanol–water partition coefficient (Wildman–Crippen LogP) is -1.03. The average molecular weight is 234 g/mol. The van der Waals surface area contributed by atoms with Crippen LogP contribution in [0.1, 0.15) is 6.42 Å². The minimum atomic E-state index is -0.145. The summed E-state index contributed by atoms with van der Waals surface area (Å²) in [4.78, 5) is 24.7. The Balaban J connectivity index is 0.00000112. The molecule has 6 heteroatoms. The monoisotopic (exact) mass is 233 g/mol. The number of nitrogens with one attached hydrogen (secondary N) is 2. The van der Waals surface area contributed by atoms with Gasteiger partial charge in [-0.15, -0.1) is 12.4 Å². The smallest absolute Gasteiger partial charge is 0.225 e. The molecule has 2 N–H and O–H groups in total.